The first-order chi connectivity index (χ1) is 15.0. The highest BCUT2D eigenvalue weighted by Gasteiger charge is 2.40. The predicted molar refractivity (Wildman–Crippen MR) is 118 cm³/mol. The minimum atomic E-state index is -2.22. The van der Waals surface area contributed by atoms with Gasteiger partial charge in [-0.3, -0.25) is 0 Å². The SMILES string of the molecule is C=CCCc1ccc2c(c1F)C(F)C(F)c1c-2ccc(C2CC=C(CCC)CC2)c1F. The average molecular weight is 429 g/mol. The number of benzene rings is 2. The number of hydrogen-bond donors (Lipinski definition) is 0. The zero-order valence-electron chi connectivity index (χ0n) is 17.9. The summed E-state index contributed by atoms with van der Waals surface area (Å²) in [7, 11) is 0. The summed E-state index contributed by atoms with van der Waals surface area (Å²) >= 11 is 0. The summed E-state index contributed by atoms with van der Waals surface area (Å²) in [6.07, 6.45) is 4.81. The molecule has 0 radical (unpaired) electrons. The Labute approximate surface area is 181 Å². The largest absolute Gasteiger partial charge is 0.239 e. The lowest BCUT2D eigenvalue weighted by atomic mass is 9.77. The maximum atomic E-state index is 15.5. The highest BCUT2D eigenvalue weighted by Crippen LogP contribution is 2.52. The number of fused-ring (bicyclic) bond motifs is 3. The third kappa shape index (κ3) is 3.86. The number of allylic oxidation sites excluding steroid dienone is 3. The first-order valence-corrected chi connectivity index (χ1v) is 11.2. The van der Waals surface area contributed by atoms with Gasteiger partial charge >= 0.3 is 0 Å². The van der Waals surface area contributed by atoms with Gasteiger partial charge in [-0.1, -0.05) is 55.3 Å². The Balaban J connectivity index is 1.75. The quantitative estimate of drug-likeness (QED) is 0.319. The van der Waals surface area contributed by atoms with Crippen LogP contribution in [0.1, 0.15) is 86.0 Å². The van der Waals surface area contributed by atoms with E-state index in [9.17, 15) is 0 Å². The first-order valence-electron chi connectivity index (χ1n) is 11.2. The fourth-order valence-corrected chi connectivity index (χ4v) is 5.03. The lowest BCUT2D eigenvalue weighted by molar-refractivity contribution is 0.160. The Morgan fingerprint density at radius 1 is 0.968 bits per heavy atom. The van der Waals surface area contributed by atoms with Crippen molar-refractivity contribution in [1.29, 1.82) is 0 Å². The fourth-order valence-electron chi connectivity index (χ4n) is 5.03. The van der Waals surface area contributed by atoms with Crippen LogP contribution in [0.5, 0.6) is 0 Å². The van der Waals surface area contributed by atoms with E-state index in [1.165, 1.54) is 5.57 Å². The van der Waals surface area contributed by atoms with Crippen molar-refractivity contribution in [3.8, 4) is 11.1 Å². The molecule has 0 spiro atoms. The van der Waals surface area contributed by atoms with Crippen LogP contribution in [0.3, 0.4) is 0 Å². The lowest BCUT2D eigenvalue weighted by Gasteiger charge is -2.30. The number of rotatable bonds is 6. The van der Waals surface area contributed by atoms with E-state index >= 15 is 17.6 Å². The van der Waals surface area contributed by atoms with Crippen LogP contribution in [0.15, 0.2) is 48.6 Å². The van der Waals surface area contributed by atoms with Crippen LogP contribution in [0.25, 0.3) is 11.1 Å². The molecule has 31 heavy (non-hydrogen) atoms. The smallest absolute Gasteiger partial charge is 0.164 e. The van der Waals surface area contributed by atoms with Gasteiger partial charge in [0.2, 0.25) is 0 Å². The van der Waals surface area contributed by atoms with Crippen LogP contribution >= 0.6 is 0 Å². The zero-order chi connectivity index (χ0) is 22.1. The topological polar surface area (TPSA) is 0 Å². The van der Waals surface area contributed by atoms with Gasteiger partial charge in [0.05, 0.1) is 0 Å². The van der Waals surface area contributed by atoms with Gasteiger partial charge in [-0.2, -0.15) is 0 Å². The van der Waals surface area contributed by atoms with Crippen LogP contribution in [-0.2, 0) is 6.42 Å². The highest BCUT2D eigenvalue weighted by molar-refractivity contribution is 5.76. The van der Waals surface area contributed by atoms with Gasteiger partial charge in [0.1, 0.15) is 11.6 Å². The second-order valence-corrected chi connectivity index (χ2v) is 8.64. The van der Waals surface area contributed by atoms with Crippen LogP contribution in [0.2, 0.25) is 0 Å². The van der Waals surface area contributed by atoms with E-state index in [0.717, 1.165) is 25.7 Å². The van der Waals surface area contributed by atoms with Crippen LogP contribution < -0.4 is 0 Å². The van der Waals surface area contributed by atoms with Crippen molar-refractivity contribution >= 4 is 0 Å². The molecular formula is C27H28F4. The molecule has 2 aromatic carbocycles. The van der Waals surface area contributed by atoms with E-state index in [1.807, 2.05) is 0 Å². The summed E-state index contributed by atoms with van der Waals surface area (Å²) in [5.74, 6) is -1.45. The molecule has 0 nitrogen and oxygen atoms in total. The maximum Gasteiger partial charge on any atom is 0.164 e. The van der Waals surface area contributed by atoms with E-state index in [0.29, 0.717) is 30.4 Å². The van der Waals surface area contributed by atoms with E-state index in [2.05, 4.69) is 19.6 Å². The normalized spacial score (nSPS) is 22.5. The molecule has 2 aliphatic rings. The van der Waals surface area contributed by atoms with Crippen LogP contribution in [-0.4, -0.2) is 0 Å². The third-order valence-electron chi connectivity index (χ3n) is 6.70. The Bertz CT molecular complexity index is 1020. The molecule has 0 saturated carbocycles. The molecule has 0 bridgehead atoms. The number of aryl methyl sites for hydroxylation is 1. The summed E-state index contributed by atoms with van der Waals surface area (Å²) in [5.41, 5.74) is 2.09. The molecule has 3 atom stereocenters. The van der Waals surface area contributed by atoms with Crippen molar-refractivity contribution in [1.82, 2.24) is 0 Å². The van der Waals surface area contributed by atoms with Gasteiger partial charge < -0.3 is 0 Å². The molecule has 2 aromatic rings. The molecule has 0 fully saturated rings. The average Bonchev–Trinajstić information content (AvgIpc) is 2.77. The fraction of sp³-hybridized carbons (Fsp3) is 0.407. The van der Waals surface area contributed by atoms with Crippen molar-refractivity contribution in [2.24, 2.45) is 0 Å². The standard InChI is InChI=1S/C27H28F4/c1-3-5-7-18-12-13-20-21-15-14-19(17-10-8-16(6-4-2)9-11-17)25(29)23(21)27(31)26(30)22(20)24(18)28/h3,8,12-15,17,26-27H,1,4-7,9-11H2,2H3. The van der Waals surface area contributed by atoms with Crippen LogP contribution in [0.4, 0.5) is 17.6 Å². The molecule has 0 aliphatic heterocycles. The van der Waals surface area contributed by atoms with Crippen molar-refractivity contribution < 1.29 is 17.6 Å². The molecule has 164 valence electrons. The zero-order valence-corrected chi connectivity index (χ0v) is 17.9. The van der Waals surface area contributed by atoms with E-state index in [-0.39, 0.29) is 28.2 Å². The molecule has 0 N–H and O–H groups in total. The molecule has 0 aromatic heterocycles. The first kappa shape index (κ1) is 21.9. The molecule has 4 rings (SSSR count). The van der Waals surface area contributed by atoms with Crippen LogP contribution in [0, 0.1) is 11.6 Å². The van der Waals surface area contributed by atoms with Crippen molar-refractivity contribution in [3.63, 3.8) is 0 Å². The summed E-state index contributed by atoms with van der Waals surface area (Å²) < 4.78 is 60.8. The van der Waals surface area contributed by atoms with E-state index in [4.69, 9.17) is 0 Å². The number of alkyl halides is 2. The summed E-state index contributed by atoms with van der Waals surface area (Å²) in [6, 6.07) is 6.49. The summed E-state index contributed by atoms with van der Waals surface area (Å²) in [5, 5.41) is 0. The minimum Gasteiger partial charge on any atom is -0.239 e. The van der Waals surface area contributed by atoms with Gasteiger partial charge in [0.25, 0.3) is 0 Å². The Hall–Kier alpha value is -2.36. The molecule has 4 heteroatoms. The van der Waals surface area contributed by atoms with Gasteiger partial charge in [0, 0.05) is 11.1 Å². The predicted octanol–water partition coefficient (Wildman–Crippen LogP) is 8.78. The monoisotopic (exact) mass is 428 g/mol. The molecule has 0 heterocycles. The maximum absolute atomic E-state index is 15.5. The molecular weight excluding hydrogens is 400 g/mol. The Kier molecular flexibility index (Phi) is 6.36. The molecule has 0 saturated heterocycles. The second-order valence-electron chi connectivity index (χ2n) is 8.64. The third-order valence-corrected chi connectivity index (χ3v) is 6.70. The van der Waals surface area contributed by atoms with Crippen molar-refractivity contribution in [2.45, 2.75) is 70.1 Å². The highest BCUT2D eigenvalue weighted by atomic mass is 19.2. The van der Waals surface area contributed by atoms with Gasteiger partial charge in [-0.15, -0.1) is 6.58 Å². The van der Waals surface area contributed by atoms with Crippen molar-refractivity contribution in [3.05, 3.63) is 82.5 Å². The van der Waals surface area contributed by atoms with Gasteiger partial charge in [-0.05, 0) is 66.7 Å². The van der Waals surface area contributed by atoms with Gasteiger partial charge in [-0.25, -0.2) is 17.6 Å². The Morgan fingerprint density at radius 2 is 1.65 bits per heavy atom. The van der Waals surface area contributed by atoms with Crippen molar-refractivity contribution in [2.75, 3.05) is 0 Å². The Morgan fingerprint density at radius 3 is 2.26 bits per heavy atom. The molecule has 2 aliphatic carbocycles. The molecule has 3 unspecified atom stereocenters. The lowest BCUT2D eigenvalue weighted by Crippen LogP contribution is -2.18. The van der Waals surface area contributed by atoms with Gasteiger partial charge in [0.15, 0.2) is 12.3 Å². The molecule has 0 amide bonds. The summed E-state index contributed by atoms with van der Waals surface area (Å²) in [4.78, 5) is 0. The van der Waals surface area contributed by atoms with E-state index in [1.54, 1.807) is 30.3 Å². The summed E-state index contributed by atoms with van der Waals surface area (Å²) in [6.45, 7) is 5.75. The number of hydrogen-bond acceptors (Lipinski definition) is 0. The second kappa shape index (κ2) is 9.02. The minimum absolute atomic E-state index is 0.0458. The van der Waals surface area contributed by atoms with E-state index < -0.39 is 24.0 Å². The number of halogens is 4.